The van der Waals surface area contributed by atoms with Crippen LogP contribution < -0.4 is 5.32 Å². The highest BCUT2D eigenvalue weighted by Gasteiger charge is 2.18. The van der Waals surface area contributed by atoms with Gasteiger partial charge in [0.1, 0.15) is 0 Å². The number of hydrogen-bond donors (Lipinski definition) is 1. The second-order valence-electron chi connectivity index (χ2n) is 2.12. The van der Waals surface area contributed by atoms with Gasteiger partial charge in [0.15, 0.2) is 0 Å². The normalized spacial score (nSPS) is 21.1. The van der Waals surface area contributed by atoms with E-state index in [9.17, 15) is 4.79 Å². The van der Waals surface area contributed by atoms with E-state index in [1.807, 2.05) is 6.08 Å². The average molecular weight is 119 g/mol. The van der Waals surface area contributed by atoms with Crippen molar-refractivity contribution in [2.24, 2.45) is 0 Å². The van der Waals surface area contributed by atoms with Crippen molar-refractivity contribution < 1.29 is 4.79 Å². The molecule has 1 amide bonds. The quantitative estimate of drug-likeness (QED) is 0.462. The second-order valence-corrected chi connectivity index (χ2v) is 2.12. The Hall–Kier alpha value is -1.27. The first-order valence-electron chi connectivity index (χ1n) is 2.82. The number of nitrogens with one attached hydrogen (secondary N) is 1. The van der Waals surface area contributed by atoms with Gasteiger partial charge in [-0.05, 0) is 11.6 Å². The molecule has 2 aliphatic rings. The monoisotopic (exact) mass is 119 g/mol. The minimum absolute atomic E-state index is 0.0917. The number of allylic oxidation sites excluding steroid dienone is 1. The van der Waals surface area contributed by atoms with E-state index in [1.165, 1.54) is 0 Å². The molecule has 0 saturated carbocycles. The maximum absolute atomic E-state index is 10.6. The maximum Gasteiger partial charge on any atom is 0.228 e. The van der Waals surface area contributed by atoms with Crippen LogP contribution in [0.15, 0.2) is 29.2 Å². The molecule has 0 fully saturated rings. The molecule has 2 nitrogen and oxygen atoms in total. The Balaban J connectivity index is 2.38. The molecule has 1 aliphatic heterocycles. The highest BCUT2D eigenvalue weighted by Crippen LogP contribution is 2.19. The van der Waals surface area contributed by atoms with Crippen LogP contribution in [0.25, 0.3) is 0 Å². The first-order chi connectivity index (χ1) is 4.36. The topological polar surface area (TPSA) is 29.1 Å². The highest BCUT2D eigenvalue weighted by atomic mass is 16.1. The summed E-state index contributed by atoms with van der Waals surface area (Å²) >= 11 is 0. The van der Waals surface area contributed by atoms with Crippen molar-refractivity contribution in [2.75, 3.05) is 0 Å². The number of amides is 1. The summed E-state index contributed by atoms with van der Waals surface area (Å²) in [5.41, 5.74) is 4.91. The molecule has 2 rings (SSSR count). The summed E-state index contributed by atoms with van der Waals surface area (Å²) in [6.07, 6.45) is 4.16. The van der Waals surface area contributed by atoms with Gasteiger partial charge in [-0.15, -0.1) is 5.73 Å². The third kappa shape index (κ3) is 0.538. The molecule has 0 saturated heterocycles. The smallest absolute Gasteiger partial charge is 0.228 e. The van der Waals surface area contributed by atoms with Crippen LogP contribution in [0.4, 0.5) is 0 Å². The summed E-state index contributed by atoms with van der Waals surface area (Å²) in [5.74, 6) is 0.0917. The van der Waals surface area contributed by atoms with Gasteiger partial charge in [-0.2, -0.15) is 0 Å². The first-order valence-corrected chi connectivity index (χ1v) is 2.82. The molecule has 0 atom stereocenters. The Labute approximate surface area is 52.6 Å². The van der Waals surface area contributed by atoms with Crippen molar-refractivity contribution in [2.45, 2.75) is 6.42 Å². The van der Waals surface area contributed by atoms with Crippen LogP contribution in [0, 0.1) is 0 Å². The zero-order valence-corrected chi connectivity index (χ0v) is 4.77. The zero-order chi connectivity index (χ0) is 6.27. The van der Waals surface area contributed by atoms with Crippen LogP contribution in [-0.2, 0) is 4.79 Å². The van der Waals surface area contributed by atoms with Crippen molar-refractivity contribution in [1.82, 2.24) is 5.32 Å². The molecule has 1 aliphatic carbocycles. The van der Waals surface area contributed by atoms with E-state index >= 15 is 0 Å². The third-order valence-electron chi connectivity index (χ3n) is 1.46. The molecule has 1 heterocycles. The minimum atomic E-state index is 0.0917. The minimum Gasteiger partial charge on any atom is -0.325 e. The number of rotatable bonds is 0. The van der Waals surface area contributed by atoms with Crippen LogP contribution in [0.5, 0.6) is 0 Å². The molecule has 0 aromatic heterocycles. The molecule has 0 bridgehead atoms. The second kappa shape index (κ2) is 1.36. The van der Waals surface area contributed by atoms with Crippen molar-refractivity contribution in [3.8, 4) is 0 Å². The lowest BCUT2D eigenvalue weighted by atomic mass is 10.2. The van der Waals surface area contributed by atoms with Crippen LogP contribution in [0.3, 0.4) is 0 Å². The van der Waals surface area contributed by atoms with Gasteiger partial charge in [0.2, 0.25) is 5.91 Å². The van der Waals surface area contributed by atoms with Gasteiger partial charge in [0.25, 0.3) is 0 Å². The average Bonchev–Trinajstić information content (AvgIpc) is 2.22. The maximum atomic E-state index is 10.6. The van der Waals surface area contributed by atoms with Crippen molar-refractivity contribution in [1.29, 1.82) is 0 Å². The Bertz CT molecular complexity index is 245. The Morgan fingerprint density at radius 2 is 2.44 bits per heavy atom. The predicted molar refractivity (Wildman–Crippen MR) is 32.4 cm³/mol. The molecule has 0 spiro atoms. The van der Waals surface area contributed by atoms with E-state index in [-0.39, 0.29) is 5.91 Å². The summed E-state index contributed by atoms with van der Waals surface area (Å²) in [7, 11) is 0. The van der Waals surface area contributed by atoms with Gasteiger partial charge in [-0.1, -0.05) is 0 Å². The molecule has 44 valence electrons. The molecule has 1 N–H and O–H groups in total. The Morgan fingerprint density at radius 3 is 3.22 bits per heavy atom. The van der Waals surface area contributed by atoms with E-state index in [1.54, 1.807) is 6.08 Å². The lowest BCUT2D eigenvalue weighted by Gasteiger charge is -1.89. The molecule has 0 unspecified atom stereocenters. The Morgan fingerprint density at radius 1 is 1.56 bits per heavy atom. The van der Waals surface area contributed by atoms with Crippen molar-refractivity contribution >= 4 is 5.91 Å². The van der Waals surface area contributed by atoms with Gasteiger partial charge in [-0.3, -0.25) is 4.79 Å². The van der Waals surface area contributed by atoms with Crippen LogP contribution in [0.2, 0.25) is 0 Å². The van der Waals surface area contributed by atoms with Gasteiger partial charge in [-0.25, -0.2) is 0 Å². The van der Waals surface area contributed by atoms with E-state index in [0.29, 0.717) is 6.42 Å². The lowest BCUT2D eigenvalue weighted by Crippen LogP contribution is -2.13. The summed E-state index contributed by atoms with van der Waals surface area (Å²) < 4.78 is 0. The molecular weight excluding hydrogens is 114 g/mol. The predicted octanol–water partition coefficient (Wildman–Crippen LogP) is 0.485. The molecule has 0 aromatic carbocycles. The van der Waals surface area contributed by atoms with Crippen LogP contribution in [0.1, 0.15) is 6.42 Å². The third-order valence-corrected chi connectivity index (χ3v) is 1.46. The SMILES string of the molecule is O=C1CC2=C(C=C=C2)N1. The molecule has 2 heteroatoms. The van der Waals surface area contributed by atoms with Gasteiger partial charge in [0, 0.05) is 6.08 Å². The van der Waals surface area contributed by atoms with Gasteiger partial charge in [0.05, 0.1) is 12.1 Å². The van der Waals surface area contributed by atoms with Crippen molar-refractivity contribution in [3.63, 3.8) is 0 Å². The standard InChI is InChI=1S/C7H5NO/c9-7-4-5-2-1-3-6(5)8-7/h2-3H,4H2,(H,8,9). The molecule has 0 aromatic rings. The number of carbonyl (C=O) groups is 1. The summed E-state index contributed by atoms with van der Waals surface area (Å²) in [5, 5.41) is 2.71. The molecule has 9 heavy (non-hydrogen) atoms. The fraction of sp³-hybridized carbons (Fsp3) is 0.143. The fourth-order valence-electron chi connectivity index (χ4n) is 1.03. The summed E-state index contributed by atoms with van der Waals surface area (Å²) in [6, 6.07) is 0. The first kappa shape index (κ1) is 4.59. The van der Waals surface area contributed by atoms with E-state index in [0.717, 1.165) is 11.3 Å². The van der Waals surface area contributed by atoms with E-state index in [2.05, 4.69) is 11.0 Å². The summed E-state index contributed by atoms with van der Waals surface area (Å²) in [6.45, 7) is 0. The fourth-order valence-corrected chi connectivity index (χ4v) is 1.03. The Kier molecular flexibility index (Phi) is 0.696. The van der Waals surface area contributed by atoms with E-state index < -0.39 is 0 Å². The van der Waals surface area contributed by atoms with Gasteiger partial charge >= 0.3 is 0 Å². The largest absolute Gasteiger partial charge is 0.325 e. The van der Waals surface area contributed by atoms with Crippen LogP contribution >= 0.6 is 0 Å². The van der Waals surface area contributed by atoms with Gasteiger partial charge < -0.3 is 5.32 Å². The molecule has 0 radical (unpaired) electrons. The summed E-state index contributed by atoms with van der Waals surface area (Å²) in [4.78, 5) is 10.6. The zero-order valence-electron chi connectivity index (χ0n) is 4.77. The van der Waals surface area contributed by atoms with Crippen molar-refractivity contribution in [3.05, 3.63) is 29.2 Å². The van der Waals surface area contributed by atoms with Crippen LogP contribution in [-0.4, -0.2) is 5.91 Å². The number of hydrogen-bond acceptors (Lipinski definition) is 1. The number of carbonyl (C=O) groups excluding carboxylic acids is 1. The lowest BCUT2D eigenvalue weighted by molar-refractivity contribution is -0.118. The van der Waals surface area contributed by atoms with E-state index in [4.69, 9.17) is 0 Å². The molecular formula is C7H5NO. The highest BCUT2D eigenvalue weighted by molar-refractivity contribution is 5.86.